The van der Waals surface area contributed by atoms with Crippen LogP contribution >= 0.6 is 23.2 Å². The molecule has 0 saturated carbocycles. The second-order valence-electron chi connectivity index (χ2n) is 3.31. The number of hydrogen-bond donors (Lipinski definition) is 0. The van der Waals surface area contributed by atoms with Crippen molar-refractivity contribution in [1.29, 1.82) is 0 Å². The fraction of sp³-hybridized carbons (Fsp3) is 0.0909. The summed E-state index contributed by atoms with van der Waals surface area (Å²) in [4.78, 5) is 7.70. The molecule has 0 amide bonds. The average Bonchev–Trinajstić information content (AvgIpc) is 2.20. The minimum atomic E-state index is -0.289. The molecule has 1 heterocycles. The number of hydrogen-bond acceptors (Lipinski definition) is 2. The fourth-order valence-electron chi connectivity index (χ4n) is 1.29. The Bertz CT molecular complexity index is 523. The van der Waals surface area contributed by atoms with E-state index < -0.39 is 0 Å². The normalized spacial score (nSPS) is 10.5. The van der Waals surface area contributed by atoms with E-state index in [1.54, 1.807) is 19.1 Å². The monoisotopic (exact) mass is 256 g/mol. The van der Waals surface area contributed by atoms with Gasteiger partial charge in [-0.2, -0.15) is 0 Å². The maximum Gasteiger partial charge on any atom is 0.224 e. The van der Waals surface area contributed by atoms with Gasteiger partial charge in [0.15, 0.2) is 0 Å². The van der Waals surface area contributed by atoms with E-state index in [0.717, 1.165) is 0 Å². The van der Waals surface area contributed by atoms with Gasteiger partial charge in [-0.3, -0.25) is 0 Å². The highest BCUT2D eigenvalue weighted by Gasteiger charge is 2.06. The predicted octanol–water partition coefficient (Wildman–Crippen LogP) is 3.90. The smallest absolute Gasteiger partial charge is 0.218 e. The molecular formula is C11H7Cl2FN2. The molecule has 0 aliphatic heterocycles. The van der Waals surface area contributed by atoms with Crippen molar-refractivity contribution >= 4 is 23.2 Å². The van der Waals surface area contributed by atoms with Crippen molar-refractivity contribution in [3.8, 4) is 11.3 Å². The summed E-state index contributed by atoms with van der Waals surface area (Å²) >= 11 is 11.4. The van der Waals surface area contributed by atoms with Crippen LogP contribution in [0.15, 0.2) is 24.3 Å². The van der Waals surface area contributed by atoms with Crippen LogP contribution in [-0.2, 0) is 0 Å². The Morgan fingerprint density at radius 1 is 1.12 bits per heavy atom. The quantitative estimate of drug-likeness (QED) is 0.572. The van der Waals surface area contributed by atoms with Gasteiger partial charge in [-0.25, -0.2) is 14.4 Å². The second-order valence-corrected chi connectivity index (χ2v) is 4.03. The molecule has 5 heteroatoms. The zero-order valence-electron chi connectivity index (χ0n) is 8.34. The first-order valence-electron chi connectivity index (χ1n) is 4.53. The molecule has 16 heavy (non-hydrogen) atoms. The molecule has 0 spiro atoms. The van der Waals surface area contributed by atoms with E-state index in [9.17, 15) is 4.39 Å². The molecule has 0 N–H and O–H groups in total. The molecule has 0 bridgehead atoms. The maximum atomic E-state index is 13.4. The summed E-state index contributed by atoms with van der Waals surface area (Å²) in [6.45, 7) is 1.69. The van der Waals surface area contributed by atoms with Crippen LogP contribution in [0.2, 0.25) is 10.4 Å². The van der Waals surface area contributed by atoms with Crippen LogP contribution in [0.3, 0.4) is 0 Å². The van der Waals surface area contributed by atoms with Crippen molar-refractivity contribution in [3.63, 3.8) is 0 Å². The van der Waals surface area contributed by atoms with Crippen LogP contribution in [0.1, 0.15) is 5.56 Å². The van der Waals surface area contributed by atoms with Crippen molar-refractivity contribution < 1.29 is 4.39 Å². The number of nitrogens with zero attached hydrogens (tertiary/aromatic N) is 2. The van der Waals surface area contributed by atoms with Crippen molar-refractivity contribution in [2.24, 2.45) is 0 Å². The predicted molar refractivity (Wildman–Crippen MR) is 62.2 cm³/mol. The molecule has 0 aliphatic carbocycles. The first-order valence-corrected chi connectivity index (χ1v) is 5.28. The number of halogens is 3. The Labute approximate surface area is 102 Å². The average molecular weight is 257 g/mol. The minimum absolute atomic E-state index is 0.0449. The molecule has 0 fully saturated rings. The highest BCUT2D eigenvalue weighted by molar-refractivity contribution is 6.32. The molecule has 0 radical (unpaired) electrons. The summed E-state index contributed by atoms with van der Waals surface area (Å²) in [6, 6.07) is 6.36. The van der Waals surface area contributed by atoms with Crippen LogP contribution in [-0.4, -0.2) is 9.97 Å². The molecule has 0 saturated heterocycles. The summed E-state index contributed by atoms with van der Waals surface area (Å²) in [5.74, 6) is -0.289. The van der Waals surface area contributed by atoms with Gasteiger partial charge in [0.25, 0.3) is 0 Å². The van der Waals surface area contributed by atoms with Gasteiger partial charge in [0, 0.05) is 11.6 Å². The number of aromatic nitrogens is 2. The van der Waals surface area contributed by atoms with Gasteiger partial charge in [0.1, 0.15) is 11.0 Å². The van der Waals surface area contributed by atoms with Crippen LogP contribution in [0.5, 0.6) is 0 Å². The number of aryl methyl sites for hydroxylation is 1. The van der Waals surface area contributed by atoms with E-state index in [-0.39, 0.29) is 16.3 Å². The zero-order chi connectivity index (χ0) is 11.7. The van der Waals surface area contributed by atoms with Gasteiger partial charge in [-0.05, 0) is 30.2 Å². The van der Waals surface area contributed by atoms with E-state index in [4.69, 9.17) is 23.2 Å². The Morgan fingerprint density at radius 2 is 1.88 bits per heavy atom. The molecule has 0 aliphatic rings. The maximum absolute atomic E-state index is 13.4. The summed E-state index contributed by atoms with van der Waals surface area (Å²) in [7, 11) is 0. The van der Waals surface area contributed by atoms with Crippen LogP contribution in [0, 0.1) is 12.7 Å². The molecule has 0 atom stereocenters. The zero-order valence-corrected chi connectivity index (χ0v) is 9.85. The number of rotatable bonds is 1. The SMILES string of the molecule is Cc1ccc(-c2cc(Cl)nc(Cl)n2)cc1F. The topological polar surface area (TPSA) is 25.8 Å². The Morgan fingerprint density at radius 3 is 2.50 bits per heavy atom. The van der Waals surface area contributed by atoms with Crippen LogP contribution in [0.25, 0.3) is 11.3 Å². The van der Waals surface area contributed by atoms with Crippen molar-refractivity contribution in [1.82, 2.24) is 9.97 Å². The summed E-state index contributed by atoms with van der Waals surface area (Å²) in [5, 5.41) is 0.277. The Balaban J connectivity index is 2.54. The molecule has 2 aromatic rings. The van der Waals surface area contributed by atoms with Gasteiger partial charge in [-0.15, -0.1) is 0 Å². The number of benzene rings is 1. The highest BCUT2D eigenvalue weighted by Crippen LogP contribution is 2.23. The third-order valence-corrected chi connectivity index (χ3v) is 2.50. The summed E-state index contributed by atoms with van der Waals surface area (Å²) in [6.07, 6.45) is 0. The van der Waals surface area contributed by atoms with E-state index in [1.165, 1.54) is 12.1 Å². The van der Waals surface area contributed by atoms with Gasteiger partial charge in [0.2, 0.25) is 5.28 Å². The summed E-state index contributed by atoms with van der Waals surface area (Å²) in [5.41, 5.74) is 1.70. The van der Waals surface area contributed by atoms with E-state index in [1.807, 2.05) is 0 Å². The third kappa shape index (κ3) is 2.31. The highest BCUT2D eigenvalue weighted by atomic mass is 35.5. The fourth-order valence-corrected chi connectivity index (χ4v) is 1.70. The van der Waals surface area contributed by atoms with Crippen molar-refractivity contribution in [3.05, 3.63) is 46.1 Å². The summed E-state index contributed by atoms with van der Waals surface area (Å²) < 4.78 is 13.4. The lowest BCUT2D eigenvalue weighted by Crippen LogP contribution is -1.90. The van der Waals surface area contributed by atoms with Gasteiger partial charge >= 0.3 is 0 Å². The molecule has 1 aromatic carbocycles. The molecule has 0 unspecified atom stereocenters. The molecular weight excluding hydrogens is 250 g/mol. The third-order valence-electron chi connectivity index (χ3n) is 2.14. The van der Waals surface area contributed by atoms with E-state index in [2.05, 4.69) is 9.97 Å². The minimum Gasteiger partial charge on any atom is -0.218 e. The lowest BCUT2D eigenvalue weighted by atomic mass is 10.1. The molecule has 2 nitrogen and oxygen atoms in total. The molecule has 2 rings (SSSR count). The first-order chi connectivity index (χ1) is 7.56. The standard InChI is InChI=1S/C11H7Cl2FN2/c1-6-2-3-7(4-8(6)14)9-5-10(12)16-11(13)15-9/h2-5H,1H3. The van der Waals surface area contributed by atoms with Gasteiger partial charge in [-0.1, -0.05) is 23.7 Å². The largest absolute Gasteiger partial charge is 0.224 e. The van der Waals surface area contributed by atoms with Gasteiger partial charge < -0.3 is 0 Å². The Hall–Kier alpha value is -1.19. The first kappa shape index (κ1) is 11.3. The van der Waals surface area contributed by atoms with Crippen LogP contribution < -0.4 is 0 Å². The molecule has 82 valence electrons. The lowest BCUT2D eigenvalue weighted by molar-refractivity contribution is 0.619. The van der Waals surface area contributed by atoms with Gasteiger partial charge in [0.05, 0.1) is 5.69 Å². The second kappa shape index (κ2) is 4.36. The Kier molecular flexibility index (Phi) is 3.08. The van der Waals surface area contributed by atoms with E-state index >= 15 is 0 Å². The van der Waals surface area contributed by atoms with Crippen molar-refractivity contribution in [2.75, 3.05) is 0 Å². The van der Waals surface area contributed by atoms with Crippen LogP contribution in [0.4, 0.5) is 4.39 Å². The van der Waals surface area contributed by atoms with Crippen molar-refractivity contribution in [2.45, 2.75) is 6.92 Å². The lowest BCUT2D eigenvalue weighted by Gasteiger charge is -2.03. The van der Waals surface area contributed by atoms with E-state index in [0.29, 0.717) is 16.8 Å². The molecule has 1 aromatic heterocycles.